The first-order chi connectivity index (χ1) is 13.4. The van der Waals surface area contributed by atoms with Gasteiger partial charge < -0.3 is 19.9 Å². The van der Waals surface area contributed by atoms with Gasteiger partial charge in [-0.1, -0.05) is 20.8 Å². The van der Waals surface area contributed by atoms with Crippen LogP contribution in [-0.4, -0.2) is 54.6 Å². The molecule has 8 heteroatoms. The molecule has 162 valence electrons. The van der Waals surface area contributed by atoms with Crippen molar-refractivity contribution in [1.29, 1.82) is 0 Å². The summed E-state index contributed by atoms with van der Waals surface area (Å²) >= 11 is 0. The van der Waals surface area contributed by atoms with E-state index in [1.807, 2.05) is 20.8 Å². The Kier molecular flexibility index (Phi) is 14.9. The highest BCUT2D eigenvalue weighted by molar-refractivity contribution is 6.01. The minimum Gasteiger partial charge on any atom is -0.466 e. The highest BCUT2D eigenvalue weighted by Crippen LogP contribution is 2.12. The maximum atomic E-state index is 12.5. The van der Waals surface area contributed by atoms with Gasteiger partial charge in [0.1, 0.15) is 5.78 Å². The number of rotatable bonds is 16. The number of aliphatic hydroxyl groups is 1. The molecule has 2 N–H and O–H groups in total. The first-order valence-corrected chi connectivity index (χ1v) is 10.1. The van der Waals surface area contributed by atoms with Gasteiger partial charge in [0.15, 0.2) is 0 Å². The zero-order valence-electron chi connectivity index (χ0n) is 17.3. The minimum absolute atomic E-state index is 0.0237. The first kappa shape index (κ1) is 26.0. The van der Waals surface area contributed by atoms with Crippen molar-refractivity contribution in [3.63, 3.8) is 0 Å². The summed E-state index contributed by atoms with van der Waals surface area (Å²) in [5.74, 6) is -2.43. The number of hydrogen-bond donors (Lipinski definition) is 2. The molecule has 0 aliphatic heterocycles. The number of nitrogens with one attached hydrogen (secondary N) is 1. The third kappa shape index (κ3) is 11.7. The average molecular weight is 402 g/mol. The lowest BCUT2D eigenvalue weighted by Crippen LogP contribution is -2.43. The van der Waals surface area contributed by atoms with Gasteiger partial charge in [-0.3, -0.25) is 19.2 Å². The Morgan fingerprint density at radius 1 is 0.893 bits per heavy atom. The molecule has 0 rings (SSSR count). The molecule has 0 fully saturated rings. The van der Waals surface area contributed by atoms with Crippen LogP contribution in [-0.2, 0) is 28.7 Å². The molecule has 0 heterocycles. The third-order valence-corrected chi connectivity index (χ3v) is 4.17. The summed E-state index contributed by atoms with van der Waals surface area (Å²) < 4.78 is 10.1. The van der Waals surface area contributed by atoms with E-state index in [1.54, 1.807) is 0 Å². The lowest BCUT2D eigenvalue weighted by Gasteiger charge is -2.20. The number of ketones is 1. The Bertz CT molecular complexity index is 489. The van der Waals surface area contributed by atoms with E-state index in [9.17, 15) is 24.3 Å². The van der Waals surface area contributed by atoms with Gasteiger partial charge in [-0.05, 0) is 25.7 Å². The van der Waals surface area contributed by atoms with E-state index < -0.39 is 17.9 Å². The normalized spacial score (nSPS) is 12.7. The van der Waals surface area contributed by atoms with E-state index in [0.717, 1.165) is 0 Å². The SMILES string of the molecule is CCCC(=O)OCCCC(=O)C(CCOC(=O)CCC)C(=O)NC(CC)CO. The summed E-state index contributed by atoms with van der Waals surface area (Å²) in [6.07, 6.45) is 2.99. The fourth-order valence-corrected chi connectivity index (χ4v) is 2.47. The molecule has 0 spiro atoms. The van der Waals surface area contributed by atoms with E-state index in [1.165, 1.54) is 0 Å². The summed E-state index contributed by atoms with van der Waals surface area (Å²) in [5.41, 5.74) is 0. The second-order valence-electron chi connectivity index (χ2n) is 6.65. The van der Waals surface area contributed by atoms with Crippen LogP contribution in [0.15, 0.2) is 0 Å². The largest absolute Gasteiger partial charge is 0.466 e. The molecule has 0 aromatic heterocycles. The molecule has 2 unspecified atom stereocenters. The molecule has 0 aromatic carbocycles. The molecule has 1 amide bonds. The Morgan fingerprint density at radius 2 is 1.46 bits per heavy atom. The van der Waals surface area contributed by atoms with Crippen LogP contribution in [0.4, 0.5) is 0 Å². The van der Waals surface area contributed by atoms with E-state index in [-0.39, 0.29) is 56.8 Å². The summed E-state index contributed by atoms with van der Waals surface area (Å²) in [6, 6.07) is -0.430. The lowest BCUT2D eigenvalue weighted by molar-refractivity contribution is -0.146. The van der Waals surface area contributed by atoms with Crippen molar-refractivity contribution in [3.05, 3.63) is 0 Å². The summed E-state index contributed by atoms with van der Waals surface area (Å²) in [7, 11) is 0. The second-order valence-corrected chi connectivity index (χ2v) is 6.65. The summed E-state index contributed by atoms with van der Waals surface area (Å²) in [5, 5.41) is 11.9. The zero-order valence-corrected chi connectivity index (χ0v) is 17.3. The van der Waals surface area contributed by atoms with Gasteiger partial charge in [-0.15, -0.1) is 0 Å². The first-order valence-electron chi connectivity index (χ1n) is 10.1. The quantitative estimate of drug-likeness (QED) is 0.230. The Balaban J connectivity index is 4.67. The maximum absolute atomic E-state index is 12.5. The maximum Gasteiger partial charge on any atom is 0.305 e. The van der Waals surface area contributed by atoms with Crippen molar-refractivity contribution in [2.24, 2.45) is 5.92 Å². The Labute approximate surface area is 167 Å². The zero-order chi connectivity index (χ0) is 21.4. The molecule has 0 aromatic rings. The summed E-state index contributed by atoms with van der Waals surface area (Å²) in [6.45, 7) is 5.42. The van der Waals surface area contributed by atoms with Crippen molar-refractivity contribution < 1.29 is 33.8 Å². The van der Waals surface area contributed by atoms with Crippen molar-refractivity contribution in [3.8, 4) is 0 Å². The second kappa shape index (κ2) is 16.0. The van der Waals surface area contributed by atoms with Crippen molar-refractivity contribution >= 4 is 23.6 Å². The van der Waals surface area contributed by atoms with Crippen molar-refractivity contribution in [1.82, 2.24) is 5.32 Å². The van der Waals surface area contributed by atoms with Gasteiger partial charge in [0.25, 0.3) is 0 Å². The molecule has 8 nitrogen and oxygen atoms in total. The molecule has 28 heavy (non-hydrogen) atoms. The van der Waals surface area contributed by atoms with E-state index >= 15 is 0 Å². The number of carbonyl (C=O) groups is 4. The van der Waals surface area contributed by atoms with E-state index in [0.29, 0.717) is 32.1 Å². The van der Waals surface area contributed by atoms with Gasteiger partial charge >= 0.3 is 11.9 Å². The number of ether oxygens (including phenoxy) is 2. The fourth-order valence-electron chi connectivity index (χ4n) is 2.47. The fraction of sp³-hybridized carbons (Fsp3) is 0.800. The Morgan fingerprint density at radius 3 is 1.96 bits per heavy atom. The number of carbonyl (C=O) groups excluding carboxylic acids is 4. The molecular weight excluding hydrogens is 366 g/mol. The van der Waals surface area contributed by atoms with Crippen LogP contribution < -0.4 is 5.32 Å². The molecule has 2 atom stereocenters. The smallest absolute Gasteiger partial charge is 0.305 e. The monoisotopic (exact) mass is 401 g/mol. The predicted octanol–water partition coefficient (Wildman–Crippen LogP) is 1.92. The van der Waals surface area contributed by atoms with Gasteiger partial charge in [0.05, 0.1) is 31.8 Å². The van der Waals surface area contributed by atoms with E-state index in [2.05, 4.69) is 5.32 Å². The molecule has 0 aliphatic carbocycles. The minimum atomic E-state index is -0.971. The van der Waals surface area contributed by atoms with E-state index in [4.69, 9.17) is 9.47 Å². The van der Waals surface area contributed by atoms with Crippen LogP contribution >= 0.6 is 0 Å². The van der Waals surface area contributed by atoms with Crippen LogP contribution in [0, 0.1) is 5.92 Å². The topological polar surface area (TPSA) is 119 Å². The molecule has 0 saturated carbocycles. The molecule has 0 aliphatic rings. The third-order valence-electron chi connectivity index (χ3n) is 4.17. The number of aliphatic hydroxyl groups excluding tert-OH is 1. The van der Waals surface area contributed by atoms with Crippen molar-refractivity contribution in [2.45, 2.75) is 78.2 Å². The van der Waals surface area contributed by atoms with Gasteiger partial charge in [-0.25, -0.2) is 0 Å². The predicted molar refractivity (Wildman–Crippen MR) is 103 cm³/mol. The van der Waals surface area contributed by atoms with Crippen LogP contribution in [0.5, 0.6) is 0 Å². The Hall–Kier alpha value is -1.96. The molecule has 0 saturated heterocycles. The molecular formula is C20H35NO7. The van der Waals surface area contributed by atoms with Crippen LogP contribution in [0.2, 0.25) is 0 Å². The standard InChI is InChI=1S/C20H35NO7/c1-4-8-18(24)27-12-7-10-17(23)16(11-13-28-19(25)9-5-2)20(26)21-15(6-3)14-22/h15-16,22H,4-14H2,1-3H3,(H,21,26). The van der Waals surface area contributed by atoms with Crippen LogP contribution in [0.1, 0.15) is 72.1 Å². The molecule has 0 bridgehead atoms. The average Bonchev–Trinajstić information content (AvgIpc) is 2.66. The highest BCUT2D eigenvalue weighted by atomic mass is 16.5. The van der Waals surface area contributed by atoms with Crippen LogP contribution in [0.25, 0.3) is 0 Å². The number of esters is 2. The van der Waals surface area contributed by atoms with Gasteiger partial charge in [-0.2, -0.15) is 0 Å². The van der Waals surface area contributed by atoms with Gasteiger partial charge in [0, 0.05) is 25.7 Å². The number of amides is 1. The van der Waals surface area contributed by atoms with Crippen molar-refractivity contribution in [2.75, 3.05) is 19.8 Å². The van der Waals surface area contributed by atoms with Gasteiger partial charge in [0.2, 0.25) is 5.91 Å². The molecule has 0 radical (unpaired) electrons. The lowest BCUT2D eigenvalue weighted by atomic mass is 9.95. The number of hydrogen-bond acceptors (Lipinski definition) is 7. The van der Waals surface area contributed by atoms with Crippen LogP contribution in [0.3, 0.4) is 0 Å². The highest BCUT2D eigenvalue weighted by Gasteiger charge is 2.27. The summed E-state index contributed by atoms with van der Waals surface area (Å²) in [4.78, 5) is 47.8. The number of Topliss-reactive ketones (excluding diaryl/α,β-unsaturated/α-hetero) is 1.